The van der Waals surface area contributed by atoms with Crippen LogP contribution in [0.2, 0.25) is 0 Å². The molecule has 0 aliphatic heterocycles. The number of anilines is 1. The first kappa shape index (κ1) is 14.3. The zero-order valence-electron chi connectivity index (χ0n) is 9.55. The summed E-state index contributed by atoms with van der Waals surface area (Å²) in [6.45, 7) is 3.91. The third-order valence-corrected chi connectivity index (χ3v) is 3.58. The van der Waals surface area contributed by atoms with Crippen LogP contribution in [0, 0.1) is 5.92 Å². The molecule has 2 nitrogen and oxygen atoms in total. The lowest BCUT2D eigenvalue weighted by molar-refractivity contribution is -0.137. The number of nitrogens with zero attached hydrogens (tertiary/aromatic N) is 1. The topological polar surface area (TPSA) is 24.9 Å². The summed E-state index contributed by atoms with van der Waals surface area (Å²) in [5.41, 5.74) is -0.686. The van der Waals surface area contributed by atoms with Gasteiger partial charge in [0.2, 0.25) is 0 Å². The Bertz CT molecular complexity index is 368. The van der Waals surface area contributed by atoms with Crippen molar-refractivity contribution in [1.82, 2.24) is 4.98 Å². The van der Waals surface area contributed by atoms with Gasteiger partial charge in [0.15, 0.2) is 0 Å². The average molecular weight is 311 g/mol. The second-order valence-electron chi connectivity index (χ2n) is 3.99. The highest BCUT2D eigenvalue weighted by molar-refractivity contribution is 9.09. The summed E-state index contributed by atoms with van der Waals surface area (Å²) in [4.78, 5) is 3.88. The van der Waals surface area contributed by atoms with Gasteiger partial charge < -0.3 is 5.32 Å². The summed E-state index contributed by atoms with van der Waals surface area (Å²) in [7, 11) is 0. The van der Waals surface area contributed by atoms with Gasteiger partial charge in [-0.25, -0.2) is 4.98 Å². The second-order valence-corrected chi connectivity index (χ2v) is 4.64. The molecule has 0 fully saturated rings. The van der Waals surface area contributed by atoms with Crippen LogP contribution < -0.4 is 5.32 Å². The van der Waals surface area contributed by atoms with E-state index < -0.39 is 11.7 Å². The first-order chi connectivity index (χ1) is 7.84. The van der Waals surface area contributed by atoms with Crippen LogP contribution in [0.5, 0.6) is 0 Å². The highest BCUT2D eigenvalue weighted by Gasteiger charge is 2.30. The van der Waals surface area contributed by atoms with Gasteiger partial charge in [-0.3, -0.25) is 0 Å². The Labute approximate surface area is 107 Å². The van der Waals surface area contributed by atoms with Gasteiger partial charge in [0.25, 0.3) is 0 Å². The number of rotatable bonds is 4. The smallest absolute Gasteiger partial charge is 0.367 e. The summed E-state index contributed by atoms with van der Waals surface area (Å²) >= 11 is 3.33. The van der Waals surface area contributed by atoms with E-state index >= 15 is 0 Å². The molecule has 2 unspecified atom stereocenters. The molecular weight excluding hydrogens is 297 g/mol. The van der Waals surface area contributed by atoms with E-state index in [4.69, 9.17) is 0 Å². The summed E-state index contributed by atoms with van der Waals surface area (Å²) in [5.74, 6) is 0.548. The maximum atomic E-state index is 12.5. The number of hydrogen-bond donors (Lipinski definition) is 1. The molecule has 0 bridgehead atoms. The number of nitrogens with one attached hydrogen (secondary N) is 1. The van der Waals surface area contributed by atoms with Crippen LogP contribution in [-0.2, 0) is 6.18 Å². The Balaban J connectivity index is 2.79. The normalized spacial score (nSPS) is 15.4. The number of alkyl halides is 4. The van der Waals surface area contributed by atoms with E-state index in [1.54, 1.807) is 0 Å². The number of aromatic nitrogens is 1. The standard InChI is InChI=1S/C11H14BrF3N2/c1-7(6-12)8(2)17-10-5-9(3-4-16-10)11(13,14)15/h3-5,7-8H,6H2,1-2H3,(H,16,17). The molecule has 1 aromatic rings. The van der Waals surface area contributed by atoms with E-state index in [0.717, 1.165) is 23.7 Å². The van der Waals surface area contributed by atoms with Gasteiger partial charge in [0, 0.05) is 17.6 Å². The van der Waals surface area contributed by atoms with Gasteiger partial charge in [-0.2, -0.15) is 13.2 Å². The van der Waals surface area contributed by atoms with Gasteiger partial charge in [-0.15, -0.1) is 0 Å². The first-order valence-corrected chi connectivity index (χ1v) is 6.32. The predicted molar refractivity (Wildman–Crippen MR) is 65.3 cm³/mol. The fourth-order valence-corrected chi connectivity index (χ4v) is 1.76. The van der Waals surface area contributed by atoms with Crippen molar-refractivity contribution in [2.45, 2.75) is 26.1 Å². The van der Waals surface area contributed by atoms with E-state index in [1.807, 2.05) is 13.8 Å². The Morgan fingerprint density at radius 3 is 2.59 bits per heavy atom. The lowest BCUT2D eigenvalue weighted by atomic mass is 10.1. The molecule has 0 radical (unpaired) electrons. The minimum absolute atomic E-state index is 0.0466. The van der Waals surface area contributed by atoms with Crippen molar-refractivity contribution >= 4 is 21.7 Å². The van der Waals surface area contributed by atoms with E-state index in [2.05, 4.69) is 26.2 Å². The summed E-state index contributed by atoms with van der Waals surface area (Å²) in [5, 5.41) is 3.74. The van der Waals surface area contributed by atoms with Gasteiger partial charge in [-0.05, 0) is 25.0 Å². The molecule has 1 rings (SSSR count). The molecule has 1 aromatic heterocycles. The molecule has 96 valence electrons. The predicted octanol–water partition coefficient (Wildman–Crippen LogP) is 3.93. The van der Waals surface area contributed by atoms with Crippen molar-refractivity contribution in [1.29, 1.82) is 0 Å². The van der Waals surface area contributed by atoms with Crippen LogP contribution in [0.15, 0.2) is 18.3 Å². The molecule has 1 heterocycles. The molecule has 1 N–H and O–H groups in total. The molecule has 0 saturated heterocycles. The van der Waals surface area contributed by atoms with Crippen molar-refractivity contribution in [3.8, 4) is 0 Å². The molecule has 6 heteroatoms. The fourth-order valence-electron chi connectivity index (χ4n) is 1.19. The maximum absolute atomic E-state index is 12.5. The Hall–Kier alpha value is -0.780. The summed E-state index contributed by atoms with van der Waals surface area (Å²) < 4.78 is 37.4. The highest BCUT2D eigenvalue weighted by atomic mass is 79.9. The van der Waals surface area contributed by atoms with Gasteiger partial charge in [0.05, 0.1) is 5.56 Å². The van der Waals surface area contributed by atoms with E-state index in [1.165, 1.54) is 0 Å². The zero-order valence-corrected chi connectivity index (χ0v) is 11.1. The van der Waals surface area contributed by atoms with Crippen molar-refractivity contribution in [3.05, 3.63) is 23.9 Å². The molecule has 0 aliphatic rings. The number of halogens is 4. The molecule has 0 aromatic carbocycles. The third kappa shape index (κ3) is 4.18. The largest absolute Gasteiger partial charge is 0.416 e. The van der Waals surface area contributed by atoms with E-state index in [-0.39, 0.29) is 11.9 Å². The Morgan fingerprint density at radius 1 is 1.41 bits per heavy atom. The highest BCUT2D eigenvalue weighted by Crippen LogP contribution is 2.30. The van der Waals surface area contributed by atoms with Crippen LogP contribution in [0.25, 0.3) is 0 Å². The first-order valence-electron chi connectivity index (χ1n) is 5.20. The third-order valence-electron chi connectivity index (χ3n) is 2.56. The van der Waals surface area contributed by atoms with Crippen LogP contribution in [0.3, 0.4) is 0 Å². The molecular formula is C11H14BrF3N2. The quantitative estimate of drug-likeness (QED) is 0.852. The molecule has 2 atom stereocenters. The maximum Gasteiger partial charge on any atom is 0.416 e. The lowest BCUT2D eigenvalue weighted by Gasteiger charge is -2.20. The SMILES string of the molecule is CC(CBr)C(C)Nc1cc(C(F)(F)F)ccn1. The second kappa shape index (κ2) is 5.71. The molecule has 0 aliphatic carbocycles. The Kier molecular flexibility index (Phi) is 4.80. The van der Waals surface area contributed by atoms with Gasteiger partial charge in [-0.1, -0.05) is 22.9 Å². The molecule has 0 amide bonds. The van der Waals surface area contributed by atoms with Gasteiger partial charge in [0.1, 0.15) is 5.82 Å². The van der Waals surface area contributed by atoms with E-state index in [9.17, 15) is 13.2 Å². The van der Waals surface area contributed by atoms with Crippen molar-refractivity contribution in [2.75, 3.05) is 10.6 Å². The van der Waals surface area contributed by atoms with Crippen molar-refractivity contribution in [2.24, 2.45) is 5.92 Å². The summed E-state index contributed by atoms with van der Waals surface area (Å²) in [6, 6.07) is 2.03. The van der Waals surface area contributed by atoms with Crippen molar-refractivity contribution in [3.63, 3.8) is 0 Å². The molecule has 0 saturated carbocycles. The van der Waals surface area contributed by atoms with Crippen LogP contribution in [0.4, 0.5) is 19.0 Å². The monoisotopic (exact) mass is 310 g/mol. The van der Waals surface area contributed by atoms with Gasteiger partial charge >= 0.3 is 6.18 Å². The zero-order chi connectivity index (χ0) is 13.1. The minimum atomic E-state index is -4.33. The fraction of sp³-hybridized carbons (Fsp3) is 0.545. The van der Waals surface area contributed by atoms with Crippen LogP contribution in [0.1, 0.15) is 19.4 Å². The minimum Gasteiger partial charge on any atom is -0.367 e. The summed E-state index contributed by atoms with van der Waals surface area (Å²) in [6.07, 6.45) is -3.17. The Morgan fingerprint density at radius 2 is 2.06 bits per heavy atom. The average Bonchev–Trinajstić information content (AvgIpc) is 2.27. The molecule has 0 spiro atoms. The van der Waals surface area contributed by atoms with Crippen LogP contribution >= 0.6 is 15.9 Å². The van der Waals surface area contributed by atoms with Crippen LogP contribution in [-0.4, -0.2) is 16.4 Å². The molecule has 17 heavy (non-hydrogen) atoms. The number of pyridine rings is 1. The lowest BCUT2D eigenvalue weighted by Crippen LogP contribution is -2.25. The van der Waals surface area contributed by atoms with Crippen molar-refractivity contribution < 1.29 is 13.2 Å². The number of hydrogen-bond acceptors (Lipinski definition) is 2. The van der Waals surface area contributed by atoms with E-state index in [0.29, 0.717) is 5.92 Å².